The molecule has 148 valence electrons. The Balaban J connectivity index is 1.32. The number of pyridine rings is 1. The van der Waals surface area contributed by atoms with Crippen LogP contribution in [0.1, 0.15) is 15.9 Å². The quantitative estimate of drug-likeness (QED) is 0.431. The molecule has 5 heteroatoms. The molecule has 4 aromatic rings. The molecule has 4 rings (SSSR count). The maximum absolute atomic E-state index is 12.3. The number of anilines is 2. The molecule has 0 radical (unpaired) electrons. The molecular formula is C25H21N3O2. The van der Waals surface area contributed by atoms with Gasteiger partial charge in [0.2, 0.25) is 0 Å². The Morgan fingerprint density at radius 1 is 0.767 bits per heavy atom. The summed E-state index contributed by atoms with van der Waals surface area (Å²) >= 11 is 0. The van der Waals surface area contributed by atoms with E-state index >= 15 is 0 Å². The van der Waals surface area contributed by atoms with Crippen LogP contribution in [0.25, 0.3) is 0 Å². The highest BCUT2D eigenvalue weighted by atomic mass is 16.5. The second-order valence-electron chi connectivity index (χ2n) is 6.66. The molecule has 0 saturated carbocycles. The van der Waals surface area contributed by atoms with E-state index in [0.29, 0.717) is 17.9 Å². The Labute approximate surface area is 175 Å². The van der Waals surface area contributed by atoms with Crippen molar-refractivity contribution in [3.05, 3.63) is 114 Å². The number of benzene rings is 3. The fourth-order valence-electron chi connectivity index (χ4n) is 2.86. The van der Waals surface area contributed by atoms with Gasteiger partial charge in [0.1, 0.15) is 17.3 Å². The number of ether oxygens (including phenoxy) is 1. The molecule has 0 aliphatic heterocycles. The lowest BCUT2D eigenvalue weighted by Gasteiger charge is -2.09. The molecule has 0 fully saturated rings. The van der Waals surface area contributed by atoms with Crippen molar-refractivity contribution in [3.8, 4) is 11.5 Å². The lowest BCUT2D eigenvalue weighted by atomic mass is 10.2. The number of nitrogens with zero attached hydrogens (tertiary/aromatic N) is 1. The van der Waals surface area contributed by atoms with Gasteiger partial charge in [-0.3, -0.25) is 4.79 Å². The average Bonchev–Trinajstić information content (AvgIpc) is 2.81. The van der Waals surface area contributed by atoms with Crippen LogP contribution in [-0.2, 0) is 6.54 Å². The van der Waals surface area contributed by atoms with Crippen molar-refractivity contribution in [1.82, 2.24) is 10.3 Å². The number of carbonyl (C=O) groups is 1. The van der Waals surface area contributed by atoms with Crippen LogP contribution in [-0.4, -0.2) is 10.9 Å². The molecule has 30 heavy (non-hydrogen) atoms. The van der Waals surface area contributed by atoms with Crippen LogP contribution in [0.4, 0.5) is 11.5 Å². The Kier molecular flexibility index (Phi) is 6.01. The number of aromatic nitrogens is 1. The van der Waals surface area contributed by atoms with Crippen molar-refractivity contribution in [3.63, 3.8) is 0 Å². The van der Waals surface area contributed by atoms with E-state index in [1.54, 1.807) is 18.3 Å². The first kappa shape index (κ1) is 19.2. The Hall–Kier alpha value is -4.12. The molecule has 3 aromatic carbocycles. The van der Waals surface area contributed by atoms with Crippen LogP contribution < -0.4 is 15.4 Å². The molecule has 0 unspecified atom stereocenters. The summed E-state index contributed by atoms with van der Waals surface area (Å²) < 4.78 is 5.79. The molecule has 0 saturated heterocycles. The van der Waals surface area contributed by atoms with Gasteiger partial charge in [0.05, 0.1) is 5.56 Å². The van der Waals surface area contributed by atoms with Gasteiger partial charge in [-0.05, 0) is 54.1 Å². The first-order chi connectivity index (χ1) is 14.8. The standard InChI is InChI=1S/C25H21N3O2/c29-25(27-17-19-7-3-1-4-8-19)20-11-16-24(26-18-20)28-21-12-14-23(15-13-21)30-22-9-5-2-6-10-22/h1-16,18H,17H2,(H,26,28)(H,27,29). The van der Waals surface area contributed by atoms with Crippen LogP contribution >= 0.6 is 0 Å². The fraction of sp³-hybridized carbons (Fsp3) is 0.0400. The van der Waals surface area contributed by atoms with Gasteiger partial charge in [-0.15, -0.1) is 0 Å². The molecule has 5 nitrogen and oxygen atoms in total. The minimum atomic E-state index is -0.152. The summed E-state index contributed by atoms with van der Waals surface area (Å²) in [6.07, 6.45) is 1.57. The molecular weight excluding hydrogens is 374 g/mol. The van der Waals surface area contributed by atoms with E-state index in [0.717, 1.165) is 22.7 Å². The van der Waals surface area contributed by atoms with Crippen molar-refractivity contribution < 1.29 is 9.53 Å². The molecule has 0 atom stereocenters. The number of para-hydroxylation sites is 1. The summed E-state index contributed by atoms with van der Waals surface area (Å²) in [6, 6.07) is 30.6. The van der Waals surface area contributed by atoms with E-state index in [1.807, 2.05) is 84.9 Å². The van der Waals surface area contributed by atoms with Gasteiger partial charge in [0.25, 0.3) is 5.91 Å². The van der Waals surface area contributed by atoms with Gasteiger partial charge >= 0.3 is 0 Å². The molecule has 0 aliphatic carbocycles. The number of hydrogen-bond donors (Lipinski definition) is 2. The lowest BCUT2D eigenvalue weighted by Crippen LogP contribution is -2.22. The highest BCUT2D eigenvalue weighted by Gasteiger charge is 2.06. The third kappa shape index (κ3) is 5.23. The van der Waals surface area contributed by atoms with Crippen molar-refractivity contribution >= 4 is 17.4 Å². The number of hydrogen-bond acceptors (Lipinski definition) is 4. The van der Waals surface area contributed by atoms with E-state index in [2.05, 4.69) is 15.6 Å². The fourth-order valence-corrected chi connectivity index (χ4v) is 2.86. The van der Waals surface area contributed by atoms with Crippen molar-refractivity contribution in [2.45, 2.75) is 6.54 Å². The van der Waals surface area contributed by atoms with E-state index in [-0.39, 0.29) is 5.91 Å². The van der Waals surface area contributed by atoms with Gasteiger partial charge in [-0.2, -0.15) is 0 Å². The highest BCUT2D eigenvalue weighted by molar-refractivity contribution is 5.94. The smallest absolute Gasteiger partial charge is 0.253 e. The maximum Gasteiger partial charge on any atom is 0.253 e. The second-order valence-corrected chi connectivity index (χ2v) is 6.66. The SMILES string of the molecule is O=C(NCc1ccccc1)c1ccc(Nc2ccc(Oc3ccccc3)cc2)nc1. The highest BCUT2D eigenvalue weighted by Crippen LogP contribution is 2.24. The predicted octanol–water partition coefficient (Wildman–Crippen LogP) is 5.55. The Morgan fingerprint density at radius 3 is 2.10 bits per heavy atom. The van der Waals surface area contributed by atoms with Gasteiger partial charge in [0.15, 0.2) is 0 Å². The summed E-state index contributed by atoms with van der Waals surface area (Å²) in [5, 5.41) is 6.12. The van der Waals surface area contributed by atoms with Crippen molar-refractivity contribution in [2.75, 3.05) is 5.32 Å². The maximum atomic E-state index is 12.3. The largest absolute Gasteiger partial charge is 0.457 e. The van der Waals surface area contributed by atoms with Crippen LogP contribution in [0.15, 0.2) is 103 Å². The van der Waals surface area contributed by atoms with Crippen molar-refractivity contribution in [1.29, 1.82) is 0 Å². The van der Waals surface area contributed by atoms with Gasteiger partial charge in [0, 0.05) is 18.4 Å². The third-order valence-corrected chi connectivity index (χ3v) is 4.43. The molecule has 1 heterocycles. The number of amides is 1. The van der Waals surface area contributed by atoms with E-state index in [4.69, 9.17) is 4.74 Å². The molecule has 0 aliphatic rings. The zero-order chi connectivity index (χ0) is 20.6. The summed E-state index contributed by atoms with van der Waals surface area (Å²) in [6.45, 7) is 0.483. The van der Waals surface area contributed by atoms with E-state index in [9.17, 15) is 4.79 Å². The summed E-state index contributed by atoms with van der Waals surface area (Å²) in [4.78, 5) is 16.6. The first-order valence-electron chi connectivity index (χ1n) is 9.64. The predicted molar refractivity (Wildman–Crippen MR) is 118 cm³/mol. The van der Waals surface area contributed by atoms with E-state index in [1.165, 1.54) is 0 Å². The molecule has 0 spiro atoms. The van der Waals surface area contributed by atoms with Crippen LogP contribution in [0.2, 0.25) is 0 Å². The lowest BCUT2D eigenvalue weighted by molar-refractivity contribution is 0.0950. The topological polar surface area (TPSA) is 63.2 Å². The van der Waals surface area contributed by atoms with Crippen LogP contribution in [0.3, 0.4) is 0 Å². The Morgan fingerprint density at radius 2 is 1.43 bits per heavy atom. The van der Waals surface area contributed by atoms with Crippen LogP contribution in [0, 0.1) is 0 Å². The van der Waals surface area contributed by atoms with Gasteiger partial charge < -0.3 is 15.4 Å². The minimum Gasteiger partial charge on any atom is -0.457 e. The number of nitrogens with one attached hydrogen (secondary N) is 2. The molecule has 1 amide bonds. The first-order valence-corrected chi connectivity index (χ1v) is 9.64. The molecule has 0 bridgehead atoms. The third-order valence-electron chi connectivity index (χ3n) is 4.43. The number of carbonyl (C=O) groups excluding carboxylic acids is 1. The average molecular weight is 395 g/mol. The van der Waals surface area contributed by atoms with Gasteiger partial charge in [-0.25, -0.2) is 4.98 Å². The summed E-state index contributed by atoms with van der Waals surface area (Å²) in [7, 11) is 0. The Bertz CT molecular complexity index is 1080. The monoisotopic (exact) mass is 395 g/mol. The number of rotatable bonds is 7. The zero-order valence-electron chi connectivity index (χ0n) is 16.3. The van der Waals surface area contributed by atoms with Crippen LogP contribution in [0.5, 0.6) is 11.5 Å². The van der Waals surface area contributed by atoms with Gasteiger partial charge in [-0.1, -0.05) is 48.5 Å². The molecule has 1 aromatic heterocycles. The normalized spacial score (nSPS) is 10.3. The summed E-state index contributed by atoms with van der Waals surface area (Å²) in [5.41, 5.74) is 2.45. The second kappa shape index (κ2) is 9.39. The minimum absolute atomic E-state index is 0.152. The van der Waals surface area contributed by atoms with Crippen molar-refractivity contribution in [2.24, 2.45) is 0 Å². The summed E-state index contributed by atoms with van der Waals surface area (Å²) in [5.74, 6) is 2.05. The zero-order valence-corrected chi connectivity index (χ0v) is 16.3. The molecule has 2 N–H and O–H groups in total. The van der Waals surface area contributed by atoms with E-state index < -0.39 is 0 Å².